The van der Waals surface area contributed by atoms with Gasteiger partial charge in [0.25, 0.3) is 0 Å². The summed E-state index contributed by atoms with van der Waals surface area (Å²) in [7, 11) is 0. The number of rotatable bonds is 0. The zero-order chi connectivity index (χ0) is 8.55. The summed E-state index contributed by atoms with van der Waals surface area (Å²) >= 11 is 3.59. The monoisotopic (exact) mass is 388 g/mol. The molecule has 0 aliphatic rings. The second-order valence-corrected chi connectivity index (χ2v) is 5.40. The molecule has 60 valence electrons. The molecular weight excluding hydrogens is 375 g/mol. The second-order valence-electron chi connectivity index (χ2n) is 2.65. The van der Waals surface area contributed by atoms with E-state index in [1.165, 1.54) is 18.0 Å². The van der Waals surface area contributed by atoms with E-state index < -0.39 is 0 Å². The topological polar surface area (TPSA) is 0 Å². The van der Waals surface area contributed by atoms with Crippen molar-refractivity contribution in [2.45, 2.75) is 0 Å². The Kier molecular flexibility index (Phi) is 2.63. The minimum atomic E-state index is 1.41. The van der Waals surface area contributed by atoms with Gasteiger partial charge in [0, 0.05) is 0 Å². The van der Waals surface area contributed by atoms with Crippen molar-refractivity contribution in [3.05, 3.63) is 36.4 Å². The van der Waals surface area contributed by atoms with E-state index in [4.69, 9.17) is 0 Å². The van der Waals surface area contributed by atoms with Gasteiger partial charge >= 0.3 is 99.0 Å². The van der Waals surface area contributed by atoms with Crippen LogP contribution in [0.1, 0.15) is 0 Å². The average molecular weight is 383 g/mol. The molecule has 0 aromatic heterocycles. The third kappa shape index (κ3) is 1.50. The van der Waals surface area contributed by atoms with Gasteiger partial charge in [0.05, 0.1) is 0 Å². The molecule has 0 nitrogen and oxygen atoms in total. The third-order valence-corrected chi connectivity index (χ3v) is 4.10. The van der Waals surface area contributed by atoms with Gasteiger partial charge in [-0.3, -0.25) is 0 Å². The molecule has 0 aliphatic carbocycles. The maximum absolute atomic E-state index is 2.20. The van der Waals surface area contributed by atoms with Crippen molar-refractivity contribution in [2.75, 3.05) is 0 Å². The summed E-state index contributed by atoms with van der Waals surface area (Å²) in [5.41, 5.74) is 0. The summed E-state index contributed by atoms with van der Waals surface area (Å²) in [6.07, 6.45) is 0. The predicted octanol–water partition coefficient (Wildman–Crippen LogP) is -0.108. The van der Waals surface area contributed by atoms with E-state index in [1.54, 1.807) is 44.6 Å². The molecule has 0 spiro atoms. The van der Waals surface area contributed by atoms with Crippen molar-refractivity contribution < 1.29 is 0 Å². The normalized spacial score (nSPS) is 10.5. The van der Waals surface area contributed by atoms with Crippen LogP contribution in [0.5, 0.6) is 0 Å². The molecule has 12 heavy (non-hydrogen) atoms. The van der Waals surface area contributed by atoms with E-state index in [9.17, 15) is 0 Å². The second kappa shape index (κ2) is 3.57. The van der Waals surface area contributed by atoms with E-state index in [-0.39, 0.29) is 0 Å². The summed E-state index contributed by atoms with van der Waals surface area (Å²) < 4.78 is 2.83. The van der Waals surface area contributed by atoms with Crippen LogP contribution in [0, 0.1) is 0 Å². The van der Waals surface area contributed by atoms with Gasteiger partial charge in [-0.1, -0.05) is 0 Å². The molecule has 0 radical (unpaired) electrons. The average Bonchev–Trinajstić information content (AvgIpc) is 2.07. The first-order valence-corrected chi connectivity index (χ1v) is 6.24. The van der Waals surface area contributed by atoms with Gasteiger partial charge in [-0.25, -0.2) is 0 Å². The Labute approximate surface area is 98.2 Å². The van der Waals surface area contributed by atoms with Crippen LogP contribution in [0.15, 0.2) is 36.4 Å². The van der Waals surface area contributed by atoms with E-state index in [2.05, 4.69) is 36.4 Å². The molecule has 2 rings (SSSR count). The molecule has 0 saturated heterocycles. The first-order valence-electron chi connectivity index (χ1n) is 3.69. The van der Waals surface area contributed by atoms with Crippen molar-refractivity contribution in [3.63, 3.8) is 0 Å². The summed E-state index contributed by atoms with van der Waals surface area (Å²) in [5, 5.41) is 2.81. The Morgan fingerprint density at radius 3 is 1.50 bits per heavy atom. The van der Waals surface area contributed by atoms with E-state index in [1.807, 2.05) is 0 Å². The van der Waals surface area contributed by atoms with Crippen LogP contribution >= 0.6 is 0 Å². The van der Waals surface area contributed by atoms with Crippen LogP contribution in [0.2, 0.25) is 0 Å². The minimum absolute atomic E-state index is 1.41. The van der Waals surface area contributed by atoms with Gasteiger partial charge in [-0.15, -0.1) is 0 Å². The Morgan fingerprint density at radius 2 is 1.08 bits per heavy atom. The van der Waals surface area contributed by atoms with Crippen molar-refractivity contribution in [1.82, 2.24) is 0 Å². The first-order chi connectivity index (χ1) is 5.79. The standard InChI is InChI=1S/C10H8Te2/c11-9-5-1-3-7-8(9)4-2-6-10(7)12/h1-6,11-12H. The van der Waals surface area contributed by atoms with E-state index in [0.29, 0.717) is 0 Å². The van der Waals surface area contributed by atoms with Crippen LogP contribution < -0.4 is 7.22 Å². The summed E-state index contributed by atoms with van der Waals surface area (Å²) in [6, 6.07) is 13.0. The third-order valence-electron chi connectivity index (χ3n) is 1.88. The summed E-state index contributed by atoms with van der Waals surface area (Å²) in [5.74, 6) is 0. The molecular formula is C10H8Te2. The van der Waals surface area contributed by atoms with Gasteiger partial charge in [-0.05, 0) is 0 Å². The molecule has 0 atom stereocenters. The van der Waals surface area contributed by atoms with Crippen molar-refractivity contribution in [1.29, 1.82) is 0 Å². The molecule has 0 heterocycles. The number of fused-ring (bicyclic) bond motifs is 1. The first kappa shape index (κ1) is 8.86. The van der Waals surface area contributed by atoms with E-state index >= 15 is 0 Å². The summed E-state index contributed by atoms with van der Waals surface area (Å²) in [4.78, 5) is 0. The fraction of sp³-hybridized carbons (Fsp3) is 0. The van der Waals surface area contributed by atoms with Gasteiger partial charge in [-0.2, -0.15) is 0 Å². The van der Waals surface area contributed by atoms with Crippen LogP contribution in [0.25, 0.3) is 10.8 Å². The zero-order valence-electron chi connectivity index (χ0n) is 6.36. The zero-order valence-corrected chi connectivity index (χ0v) is 11.5. The Hall–Kier alpha value is 0.279. The van der Waals surface area contributed by atoms with Crippen LogP contribution in [-0.4, -0.2) is 44.6 Å². The van der Waals surface area contributed by atoms with Crippen LogP contribution in [0.4, 0.5) is 0 Å². The van der Waals surface area contributed by atoms with Gasteiger partial charge in [0.1, 0.15) is 0 Å². The van der Waals surface area contributed by atoms with Crippen molar-refractivity contribution >= 4 is 62.6 Å². The van der Waals surface area contributed by atoms with Crippen molar-refractivity contribution in [2.24, 2.45) is 0 Å². The molecule has 2 aromatic carbocycles. The molecule has 0 aliphatic heterocycles. The molecule has 0 bridgehead atoms. The van der Waals surface area contributed by atoms with Crippen LogP contribution in [0.3, 0.4) is 0 Å². The molecule has 0 saturated carbocycles. The van der Waals surface area contributed by atoms with Crippen LogP contribution in [-0.2, 0) is 0 Å². The Bertz CT molecular complexity index is 380. The molecule has 0 unspecified atom stereocenters. The number of benzene rings is 2. The SMILES string of the molecule is [TeH]c1cccc2c([TeH])cccc12. The quantitative estimate of drug-likeness (QED) is 0.557. The Balaban J connectivity index is 2.94. The fourth-order valence-electron chi connectivity index (χ4n) is 1.28. The number of hydrogen-bond acceptors (Lipinski definition) is 0. The molecule has 0 N–H and O–H groups in total. The molecule has 2 heteroatoms. The van der Waals surface area contributed by atoms with Gasteiger partial charge < -0.3 is 0 Å². The predicted molar refractivity (Wildman–Crippen MR) is 57.5 cm³/mol. The Morgan fingerprint density at radius 1 is 0.667 bits per heavy atom. The number of hydrogen-bond donors (Lipinski definition) is 0. The van der Waals surface area contributed by atoms with Gasteiger partial charge in [0.2, 0.25) is 0 Å². The molecule has 0 amide bonds. The fourth-order valence-corrected chi connectivity index (χ4v) is 2.88. The van der Waals surface area contributed by atoms with E-state index in [0.717, 1.165) is 0 Å². The molecule has 0 fully saturated rings. The molecule has 2 aromatic rings. The van der Waals surface area contributed by atoms with Crippen molar-refractivity contribution in [3.8, 4) is 0 Å². The van der Waals surface area contributed by atoms with Gasteiger partial charge in [0.15, 0.2) is 0 Å². The maximum atomic E-state index is 2.20. The summed E-state index contributed by atoms with van der Waals surface area (Å²) in [6.45, 7) is 0.